The van der Waals surface area contributed by atoms with Gasteiger partial charge in [-0.25, -0.2) is 15.3 Å². The summed E-state index contributed by atoms with van der Waals surface area (Å²) in [6, 6.07) is 6.93. The summed E-state index contributed by atoms with van der Waals surface area (Å²) in [5, 5.41) is 19.7. The molecule has 51 heavy (non-hydrogen) atoms. The van der Waals surface area contributed by atoms with Gasteiger partial charge in [0.1, 0.15) is 36.7 Å². The first-order valence-electron chi connectivity index (χ1n) is 15.4. The fraction of sp³-hybridized carbons (Fsp3) is 0.448. The lowest BCUT2D eigenvalue weighted by atomic mass is 9.87. The molecule has 20 nitrogen and oxygen atoms in total. The second-order valence-corrected chi connectivity index (χ2v) is 14.3. The van der Waals surface area contributed by atoms with Crippen LogP contribution in [0.4, 0.5) is 5.13 Å². The quantitative estimate of drug-likeness (QED) is 0.0497. The number of β-lactam (4-membered cyclic amide) rings is 1. The third-order valence-electron chi connectivity index (χ3n) is 8.20. The van der Waals surface area contributed by atoms with Crippen LogP contribution >= 0.6 is 11.3 Å². The number of nitrogen functional groups attached to an aromatic ring is 1. The van der Waals surface area contributed by atoms with Gasteiger partial charge < -0.3 is 29.6 Å². The van der Waals surface area contributed by atoms with Crippen molar-refractivity contribution in [2.75, 3.05) is 52.2 Å². The first kappa shape index (κ1) is 37.5. The fourth-order valence-electron chi connectivity index (χ4n) is 5.08. The maximum atomic E-state index is 13.1. The number of nitrogens with one attached hydrogen (secondary N) is 1. The molecule has 22 heteroatoms. The van der Waals surface area contributed by atoms with Crippen LogP contribution in [0.3, 0.4) is 0 Å². The lowest BCUT2D eigenvalue weighted by molar-refractivity contribution is -0.917. The number of aliphatic carboxylic acids is 1. The van der Waals surface area contributed by atoms with Crippen molar-refractivity contribution in [2.45, 2.75) is 38.1 Å². The molecule has 0 unspecified atom stereocenters. The van der Waals surface area contributed by atoms with E-state index in [1.54, 1.807) is 30.5 Å². The fourth-order valence-corrected chi connectivity index (χ4v) is 6.08. The molecule has 2 aliphatic heterocycles. The number of oxime groups is 1. The molecule has 5 rings (SSSR count). The van der Waals surface area contributed by atoms with E-state index in [2.05, 4.69) is 26.6 Å². The van der Waals surface area contributed by atoms with Gasteiger partial charge in [0.05, 0.1) is 39.5 Å². The zero-order valence-electron chi connectivity index (χ0n) is 27.7. The Hall–Kier alpha value is -4.71. The van der Waals surface area contributed by atoms with Crippen LogP contribution in [0, 0.1) is 0 Å². The predicted octanol–water partition coefficient (Wildman–Crippen LogP) is 0.0901. The van der Waals surface area contributed by atoms with Gasteiger partial charge in [0.25, 0.3) is 17.9 Å². The smallest absolute Gasteiger partial charge is 0.418 e. The molecule has 3 aromatic rings. The van der Waals surface area contributed by atoms with Crippen molar-refractivity contribution < 1.29 is 60.4 Å². The minimum absolute atomic E-state index is 0.0530. The SMILES string of the molecule is CC1(C)[C@H](ONC(=O)/C(=N\O[C@@H](COc2ccc(-c3cnn(CC[N+]4(C)CCOCC4)c3)cc2)C(=O)O)c2csc(N)n2)C(=O)N1OS(=O)(=O)O. The number of carboxylic acid groups (broad SMARTS) is 1. The Morgan fingerprint density at radius 3 is 2.55 bits per heavy atom. The number of rotatable bonds is 16. The van der Waals surface area contributed by atoms with Gasteiger partial charge in [0.15, 0.2) is 16.9 Å². The van der Waals surface area contributed by atoms with E-state index in [-0.39, 0.29) is 10.8 Å². The monoisotopic (exact) mass is 753 g/mol. The van der Waals surface area contributed by atoms with Crippen molar-refractivity contribution in [2.24, 2.45) is 5.16 Å². The number of morpholine rings is 1. The van der Waals surface area contributed by atoms with E-state index in [1.165, 1.54) is 19.2 Å². The molecule has 1 aromatic carbocycles. The molecule has 4 heterocycles. The Bertz CT molecular complexity index is 1870. The van der Waals surface area contributed by atoms with Crippen molar-refractivity contribution in [3.05, 3.63) is 47.7 Å². The second kappa shape index (κ2) is 15.3. The number of benzene rings is 1. The summed E-state index contributed by atoms with van der Waals surface area (Å²) in [6.07, 6.45) is 0.603. The highest BCUT2D eigenvalue weighted by Gasteiger charge is 2.59. The van der Waals surface area contributed by atoms with E-state index < -0.39 is 58.2 Å². The van der Waals surface area contributed by atoms with Gasteiger partial charge in [0.2, 0.25) is 0 Å². The van der Waals surface area contributed by atoms with Crippen LogP contribution in [-0.4, -0.2) is 130 Å². The Labute approximate surface area is 295 Å². The minimum Gasteiger partial charge on any atom is -0.489 e. The number of carbonyl (C=O) groups is 3. The summed E-state index contributed by atoms with van der Waals surface area (Å²) < 4.78 is 49.2. The molecule has 2 aromatic heterocycles. The van der Waals surface area contributed by atoms with E-state index in [0.29, 0.717) is 10.8 Å². The molecule has 2 saturated heterocycles. The highest BCUT2D eigenvalue weighted by Crippen LogP contribution is 2.34. The maximum absolute atomic E-state index is 13.1. The number of aromatic nitrogens is 3. The van der Waals surface area contributed by atoms with Gasteiger partial charge in [-0.05, 0) is 31.5 Å². The maximum Gasteiger partial charge on any atom is 0.418 e. The number of likely N-dealkylation sites (N-methyl/N-ethyl adjacent to an activating group) is 1. The largest absolute Gasteiger partial charge is 0.489 e. The number of hydrogen-bond donors (Lipinski definition) is 4. The van der Waals surface area contributed by atoms with Crippen LogP contribution in [0.2, 0.25) is 0 Å². The summed E-state index contributed by atoms with van der Waals surface area (Å²) in [4.78, 5) is 51.7. The molecular formula is C29H37N8O12S2+. The Balaban J connectivity index is 1.18. The third-order valence-corrected chi connectivity index (χ3v) is 9.21. The number of hydroxylamine groups is 3. The normalized spacial score (nSPS) is 19.2. The zero-order chi connectivity index (χ0) is 37.0. The van der Waals surface area contributed by atoms with Crippen molar-refractivity contribution in [3.8, 4) is 16.9 Å². The molecular weight excluding hydrogens is 716 g/mol. The first-order valence-corrected chi connectivity index (χ1v) is 17.6. The molecule has 0 bridgehead atoms. The number of nitrogens with two attached hydrogens (primary N) is 1. The van der Waals surface area contributed by atoms with E-state index in [0.717, 1.165) is 66.3 Å². The molecule has 276 valence electrons. The third kappa shape index (κ3) is 9.35. The summed E-state index contributed by atoms with van der Waals surface area (Å²) in [6.45, 7) is 7.30. The van der Waals surface area contributed by atoms with Gasteiger partial charge in [-0.2, -0.15) is 18.6 Å². The molecule has 0 aliphatic carbocycles. The molecule has 0 radical (unpaired) electrons. The number of anilines is 1. The average Bonchev–Trinajstić information content (AvgIpc) is 3.73. The Kier molecular flexibility index (Phi) is 11.2. The summed E-state index contributed by atoms with van der Waals surface area (Å²) in [5.41, 5.74) is 7.34. The zero-order valence-corrected chi connectivity index (χ0v) is 29.3. The lowest BCUT2D eigenvalue weighted by Crippen LogP contribution is -2.73. The molecule has 0 spiro atoms. The number of quaternary nitrogens is 1. The molecule has 2 atom stereocenters. The van der Waals surface area contributed by atoms with Crippen molar-refractivity contribution in [3.63, 3.8) is 0 Å². The molecule has 0 saturated carbocycles. The summed E-state index contributed by atoms with van der Waals surface area (Å²) in [5.74, 6) is -3.26. The van der Waals surface area contributed by atoms with E-state index in [1.807, 2.05) is 16.4 Å². The summed E-state index contributed by atoms with van der Waals surface area (Å²) >= 11 is 0.953. The van der Waals surface area contributed by atoms with Gasteiger partial charge in [0, 0.05) is 17.1 Å². The lowest BCUT2D eigenvalue weighted by Gasteiger charge is -2.49. The number of carboxylic acids is 1. The van der Waals surface area contributed by atoms with E-state index in [9.17, 15) is 27.9 Å². The Morgan fingerprint density at radius 2 is 1.94 bits per heavy atom. The highest BCUT2D eigenvalue weighted by molar-refractivity contribution is 7.80. The number of carbonyl (C=O) groups excluding carboxylic acids is 2. The van der Waals surface area contributed by atoms with Crippen LogP contribution in [0.25, 0.3) is 11.1 Å². The number of nitrogens with zero attached hydrogens (tertiary/aromatic N) is 6. The van der Waals surface area contributed by atoms with Crippen molar-refractivity contribution in [1.82, 2.24) is 25.3 Å². The highest BCUT2D eigenvalue weighted by atomic mass is 32.3. The number of thiazole rings is 1. The molecule has 2 aliphatic rings. The average molecular weight is 754 g/mol. The van der Waals surface area contributed by atoms with Gasteiger partial charge in [-0.1, -0.05) is 17.3 Å². The predicted molar refractivity (Wildman–Crippen MR) is 177 cm³/mol. The van der Waals surface area contributed by atoms with Gasteiger partial charge in [-0.3, -0.25) is 23.7 Å². The standard InChI is InChI=1S/C29H36N8O12S2/c1-29(2)24(26(39)36(29)49-51(42,43)44)48-34-25(38)23(21-17-50-28(30)32-21)33-47-22(27(40)41)16-46-20-6-4-18(5-7-20)19-14-31-35(15-19)8-9-37(3)10-12-45-13-11-37/h4-7,14-15,17,22,24H,8-13,16H2,1-3H3,(H4-,30,32,34,38,40,41,42,43,44)/p+1/b33-23-/t22-,24+/m0/s1. The second-order valence-electron chi connectivity index (χ2n) is 12.4. The van der Waals surface area contributed by atoms with Crippen molar-refractivity contribution in [1.29, 1.82) is 0 Å². The van der Waals surface area contributed by atoms with E-state index in [4.69, 9.17) is 29.4 Å². The molecule has 5 N–H and O–H groups in total. The van der Waals surface area contributed by atoms with Crippen LogP contribution in [0.1, 0.15) is 19.5 Å². The van der Waals surface area contributed by atoms with Crippen LogP contribution in [0.15, 0.2) is 47.2 Å². The number of amides is 2. The van der Waals surface area contributed by atoms with Crippen molar-refractivity contribution >= 4 is 50.4 Å². The van der Waals surface area contributed by atoms with Gasteiger partial charge in [-0.15, -0.1) is 15.6 Å². The minimum atomic E-state index is -5.01. The topological polar surface area (TPSA) is 256 Å². The number of ether oxygens (including phenoxy) is 2. The van der Waals surface area contributed by atoms with Crippen LogP contribution < -0.4 is 16.0 Å². The molecule has 2 fully saturated rings. The van der Waals surface area contributed by atoms with Crippen LogP contribution in [0.5, 0.6) is 5.75 Å². The number of hydrogen-bond acceptors (Lipinski definition) is 15. The first-order chi connectivity index (χ1) is 24.0. The summed E-state index contributed by atoms with van der Waals surface area (Å²) in [7, 11) is -2.80. The van der Waals surface area contributed by atoms with Crippen LogP contribution in [-0.2, 0) is 50.0 Å². The van der Waals surface area contributed by atoms with E-state index >= 15 is 0 Å². The Morgan fingerprint density at radius 1 is 1.24 bits per heavy atom. The molecule has 2 amide bonds. The van der Waals surface area contributed by atoms with Gasteiger partial charge >= 0.3 is 16.4 Å².